The van der Waals surface area contributed by atoms with Gasteiger partial charge in [0.15, 0.2) is 62.8 Å². The Kier molecular flexibility index (Phi) is 20.6. The zero-order valence-corrected chi connectivity index (χ0v) is 77.2. The van der Waals surface area contributed by atoms with Crippen LogP contribution in [0.4, 0.5) is 86.1 Å². The van der Waals surface area contributed by atoms with Gasteiger partial charge in [0.2, 0.25) is 0 Å². The number of nitrogens with zero attached hydrogens (tertiary/aromatic N) is 16. The molecule has 21 heteroatoms. The van der Waals surface area contributed by atoms with Crippen LogP contribution in [-0.4, -0.2) is 93.0 Å². The van der Waals surface area contributed by atoms with Crippen LogP contribution in [0.1, 0.15) is 104 Å². The monoisotopic (exact) mass is 1730 g/mol. The molecule has 131 heavy (non-hydrogen) atoms. The molecule has 5 aliphatic rings. The third-order valence-corrected chi connectivity index (χ3v) is 27.1. The van der Waals surface area contributed by atoms with Gasteiger partial charge < -0.3 is 66.2 Å². The predicted octanol–water partition coefficient (Wildman–Crippen LogP) is 27.8. The van der Waals surface area contributed by atoms with E-state index in [9.17, 15) is 0 Å². The van der Waals surface area contributed by atoms with E-state index in [0.717, 1.165) is 196 Å². The molecule has 0 aliphatic carbocycles. The van der Waals surface area contributed by atoms with E-state index >= 15 is 0 Å². The first kappa shape index (κ1) is 82.8. The summed E-state index contributed by atoms with van der Waals surface area (Å²) in [5.74, 6) is 5.81. The van der Waals surface area contributed by atoms with Crippen molar-refractivity contribution in [3.63, 3.8) is 0 Å². The number of para-hydroxylation sites is 5. The van der Waals surface area contributed by atoms with Crippen molar-refractivity contribution < 1.29 is 22.1 Å². The van der Waals surface area contributed by atoms with E-state index in [1.165, 1.54) is 27.9 Å². The van der Waals surface area contributed by atoms with Crippen LogP contribution in [0, 0.1) is 34.6 Å². The number of hydrogen-bond acceptors (Lipinski definition) is 21. The molecule has 0 bridgehead atoms. The summed E-state index contributed by atoms with van der Waals surface area (Å²) in [6, 6.07) is 80.5. The van der Waals surface area contributed by atoms with Gasteiger partial charge >= 0.3 is 0 Å². The molecule has 10 aromatic carbocycles. The molecule has 0 fully saturated rings. The lowest BCUT2D eigenvalue weighted by Gasteiger charge is -2.33. The van der Waals surface area contributed by atoms with Gasteiger partial charge in [0.25, 0.3) is 0 Å². The maximum Gasteiger partial charge on any atom is 0.178 e. The lowest BCUT2D eigenvalue weighted by Crippen LogP contribution is -2.42. The van der Waals surface area contributed by atoms with Gasteiger partial charge in [-0.25, -0.2) is 29.9 Å². The van der Waals surface area contributed by atoms with E-state index < -0.39 is 0 Å². The van der Waals surface area contributed by atoms with Crippen molar-refractivity contribution >= 4 is 196 Å². The van der Waals surface area contributed by atoms with Gasteiger partial charge in [-0.2, -0.15) is 0 Å². The molecule has 5 atom stereocenters. The van der Waals surface area contributed by atoms with Gasteiger partial charge in [-0.1, -0.05) is 152 Å². The molecule has 21 nitrogen and oxygen atoms in total. The summed E-state index contributed by atoms with van der Waals surface area (Å²) < 4.78 is 31.6. The smallest absolute Gasteiger partial charge is 0.178 e. The average molecular weight is 1730 g/mol. The van der Waals surface area contributed by atoms with Crippen LogP contribution in [0.25, 0.3) is 110 Å². The molecule has 0 N–H and O–H groups in total. The fraction of sp³-hybridized carbons (Fsp3) is 0.236. The number of anilines is 15. The third-order valence-electron chi connectivity index (χ3n) is 27.1. The summed E-state index contributed by atoms with van der Waals surface area (Å²) in [6.07, 6.45) is 11.7. The van der Waals surface area contributed by atoms with Crippen molar-refractivity contribution in [1.29, 1.82) is 0 Å². The van der Waals surface area contributed by atoms with E-state index in [4.69, 9.17) is 37.0 Å². The summed E-state index contributed by atoms with van der Waals surface area (Å²) >= 11 is 0. The first-order valence-electron chi connectivity index (χ1n) is 45.5. The highest BCUT2D eigenvalue weighted by molar-refractivity contribution is 6.16. The van der Waals surface area contributed by atoms with Gasteiger partial charge in [-0.15, -0.1) is 0 Å². The zero-order valence-electron chi connectivity index (χ0n) is 77.2. The highest BCUT2D eigenvalue weighted by atomic mass is 16.3. The van der Waals surface area contributed by atoms with Gasteiger partial charge in [0, 0.05) is 123 Å². The average Bonchev–Trinajstić information content (AvgIpc) is 1.62. The van der Waals surface area contributed by atoms with Gasteiger partial charge in [-0.05, 0) is 217 Å². The summed E-state index contributed by atoms with van der Waals surface area (Å²) in [5.41, 5.74) is 25.3. The number of pyridine rings is 4. The minimum absolute atomic E-state index is 0.106. The summed E-state index contributed by atoms with van der Waals surface area (Å²) in [4.78, 5) is 51.1. The minimum Gasteiger partial charge on any atom is -0.454 e. The molecule has 25 rings (SSSR count). The molecule has 656 valence electrons. The van der Waals surface area contributed by atoms with Crippen molar-refractivity contribution in [2.24, 2.45) is 0 Å². The van der Waals surface area contributed by atoms with E-state index in [0.29, 0.717) is 18.1 Å². The number of hydrogen-bond donors (Lipinski definition) is 0. The Labute approximate surface area is 761 Å². The lowest BCUT2D eigenvalue weighted by molar-refractivity contribution is 0.598. The summed E-state index contributed by atoms with van der Waals surface area (Å²) in [6.45, 7) is 35.1. The number of aryl methyl sites for hydroxylation is 5. The summed E-state index contributed by atoms with van der Waals surface area (Å²) in [5, 5.41) is 11.5. The van der Waals surface area contributed by atoms with Crippen molar-refractivity contribution in [2.75, 3.05) is 63.1 Å². The third kappa shape index (κ3) is 13.3. The molecule has 15 heterocycles. The number of fused-ring (bicyclic) bond motifs is 20. The van der Waals surface area contributed by atoms with Crippen LogP contribution in [0.2, 0.25) is 0 Å². The van der Waals surface area contributed by atoms with Crippen molar-refractivity contribution in [3.05, 3.63) is 296 Å². The molecule has 0 radical (unpaired) electrons. The molecule has 0 spiro atoms. The Hall–Kier alpha value is -15.1. The second kappa shape index (κ2) is 32.6. The summed E-state index contributed by atoms with van der Waals surface area (Å²) in [7, 11) is 4.16. The van der Waals surface area contributed by atoms with Crippen molar-refractivity contribution in [3.8, 4) is 0 Å². The predicted molar refractivity (Wildman–Crippen MR) is 539 cm³/mol. The second-order valence-corrected chi connectivity index (χ2v) is 35.9. The van der Waals surface area contributed by atoms with Crippen molar-refractivity contribution in [1.82, 2.24) is 29.9 Å². The van der Waals surface area contributed by atoms with Crippen LogP contribution < -0.4 is 49.0 Å². The molecular weight excluding hydrogens is 1630 g/mol. The molecule has 0 saturated heterocycles. The fourth-order valence-electron chi connectivity index (χ4n) is 20.9. The Morgan fingerprint density at radius 3 is 0.809 bits per heavy atom. The lowest BCUT2D eigenvalue weighted by atomic mass is 10.1. The van der Waals surface area contributed by atoms with Crippen LogP contribution in [0.3, 0.4) is 0 Å². The maximum absolute atomic E-state index is 6.36. The first-order chi connectivity index (χ1) is 63.6. The highest BCUT2D eigenvalue weighted by Gasteiger charge is 2.44. The molecule has 0 saturated carbocycles. The zero-order chi connectivity index (χ0) is 90.4. The van der Waals surface area contributed by atoms with E-state index in [1.54, 1.807) is 12.4 Å². The number of benzene rings is 10. The number of rotatable bonds is 8. The van der Waals surface area contributed by atoms with E-state index in [-0.39, 0.29) is 30.8 Å². The SMILES string of the molecule is Cc1ccc2c(oc3ccccc32)c1N1c2cccnc2N(C(C)C)C1C.Cc1ccc2c(oc3ccccc32)c1N1c2cccnc2N(C(C)C)C1C.Cc1ccc2c(oc3ccccc32)c1N1c2ncccc2N(C(C)C)C1C.Cc1ccc2c(oc3ccccc32)c1N1c2ncccc2N(C)C1C.Cc1ccc2c(oc3ccccc32)c1N1c2nccnc2N(C)C1C. The minimum atomic E-state index is 0.106. The van der Waals surface area contributed by atoms with Crippen molar-refractivity contribution in [2.45, 2.75) is 160 Å². The maximum atomic E-state index is 6.36. The molecule has 5 aliphatic heterocycles. The Bertz CT molecular complexity index is 7220. The fourth-order valence-corrected chi connectivity index (χ4v) is 20.9. The van der Waals surface area contributed by atoms with Gasteiger partial charge in [-0.3, -0.25) is 4.90 Å². The molecule has 20 aromatic rings. The van der Waals surface area contributed by atoms with E-state index in [1.807, 2.05) is 123 Å². The molecule has 0 amide bonds. The topological polar surface area (TPSA) is 175 Å². The Morgan fingerprint density at radius 1 is 0.221 bits per heavy atom. The van der Waals surface area contributed by atoms with Crippen LogP contribution in [0.15, 0.2) is 290 Å². The number of furan rings is 5. The van der Waals surface area contributed by atoms with Gasteiger partial charge in [0.05, 0.1) is 51.2 Å². The number of aromatic nitrogens is 6. The van der Waals surface area contributed by atoms with E-state index in [2.05, 4.69) is 321 Å². The van der Waals surface area contributed by atoms with Crippen LogP contribution >= 0.6 is 0 Å². The Morgan fingerprint density at radius 2 is 0.473 bits per heavy atom. The van der Waals surface area contributed by atoms with Crippen LogP contribution in [0.5, 0.6) is 0 Å². The standard InChI is InChI=1S/3C23H23N3O.C21H19N3O.C20H18N4O/c2*1-14(2)25-16(4)26(19-9-7-13-24-23(19)25)21-15(3)11-12-18-17-8-5-6-10-20(17)27-22(18)21;1-14(2)25-16(4)26(23-19(25)9-7-13-24-23)21-15(3)11-12-18-17-8-5-6-10-20(17)27-22(18)21;1-13-10-11-16-15-7-4-5-9-18(15)25-20(16)19(13)24-14(2)23(3)17-8-6-12-22-21(17)24;1-12-8-9-15-14-6-4-5-7-16(14)25-18(15)17(12)24-13(2)23(3)19-20(24)22-11-10-21-19/h3*5-14,16H,1-4H3;4-12,14H,1-3H3;4-11,13H,1-3H3. The normalized spacial score (nSPS) is 16.8. The first-order valence-corrected chi connectivity index (χ1v) is 45.5. The largest absolute Gasteiger partial charge is 0.454 e. The van der Waals surface area contributed by atoms with Gasteiger partial charge in [0.1, 0.15) is 58.7 Å². The second-order valence-electron chi connectivity index (χ2n) is 35.9. The highest BCUT2D eigenvalue weighted by Crippen LogP contribution is 2.55. The molecule has 10 aromatic heterocycles. The Balaban J connectivity index is 0.0000000989. The molecular formula is C110H106N16O5. The quantitative estimate of drug-likeness (QED) is 0.140. The van der Waals surface area contributed by atoms with Crippen LogP contribution in [-0.2, 0) is 0 Å². The molecule has 5 unspecified atom stereocenters.